The number of carbonyl (C=O) groups excluding carboxylic acids is 1. The Hall–Kier alpha value is -1.59. The van der Waals surface area contributed by atoms with Gasteiger partial charge in [0.1, 0.15) is 0 Å². The van der Waals surface area contributed by atoms with E-state index in [0.29, 0.717) is 5.56 Å². The molecule has 1 amide bonds. The first-order valence-corrected chi connectivity index (χ1v) is 8.03. The van der Waals surface area contributed by atoms with E-state index in [2.05, 4.69) is 13.8 Å². The van der Waals surface area contributed by atoms with Crippen LogP contribution in [0.2, 0.25) is 0 Å². The molecule has 0 bridgehead atoms. The van der Waals surface area contributed by atoms with Gasteiger partial charge in [-0.05, 0) is 76.2 Å². The molecule has 1 aliphatic heterocycles. The van der Waals surface area contributed by atoms with E-state index in [1.165, 1.54) is 11.1 Å². The number of rotatable bonds is 2. The lowest BCUT2D eigenvalue weighted by Crippen LogP contribution is -2.41. The molecule has 0 unspecified atom stereocenters. The summed E-state index contributed by atoms with van der Waals surface area (Å²) in [6, 6.07) is 3.72. The van der Waals surface area contributed by atoms with Crippen LogP contribution in [0.1, 0.15) is 63.0 Å². The Bertz CT molecular complexity index is 718. The molecule has 122 valence electrons. The van der Waals surface area contributed by atoms with E-state index >= 15 is 0 Å². The van der Waals surface area contributed by atoms with Crippen molar-refractivity contribution in [3.63, 3.8) is 0 Å². The summed E-state index contributed by atoms with van der Waals surface area (Å²) < 4.78 is 12.4. The monoisotopic (exact) mass is 313 g/mol. The number of fused-ring (bicyclic) bond motifs is 1. The molecule has 23 heavy (non-hydrogen) atoms. The Morgan fingerprint density at radius 2 is 1.70 bits per heavy atom. The van der Waals surface area contributed by atoms with Gasteiger partial charge in [-0.2, -0.15) is 0 Å². The van der Waals surface area contributed by atoms with Crippen LogP contribution in [0.4, 0.5) is 0 Å². The first-order valence-electron chi connectivity index (χ1n) is 8.03. The zero-order valence-electron chi connectivity index (χ0n) is 14.7. The third-order valence-electron chi connectivity index (χ3n) is 5.57. The summed E-state index contributed by atoms with van der Waals surface area (Å²) >= 11 is 0. The third kappa shape index (κ3) is 2.34. The standard InChI is InChI=1S/C18H24BNO3/c1-10-9-13-12(16(20)21)7-8-14(15(13)11(10)2)19-22-17(3,4)18(5,6)23-19/h7-8H,9H2,1-6H3,(H2,20,21). The topological polar surface area (TPSA) is 61.6 Å². The first-order chi connectivity index (χ1) is 10.5. The van der Waals surface area contributed by atoms with Gasteiger partial charge in [0, 0.05) is 5.56 Å². The molecule has 0 aromatic heterocycles. The van der Waals surface area contributed by atoms with Crippen molar-refractivity contribution in [1.29, 1.82) is 0 Å². The van der Waals surface area contributed by atoms with Gasteiger partial charge in [-0.3, -0.25) is 4.79 Å². The maximum atomic E-state index is 11.8. The van der Waals surface area contributed by atoms with Gasteiger partial charge in [0.2, 0.25) is 5.91 Å². The second kappa shape index (κ2) is 4.95. The lowest BCUT2D eigenvalue weighted by Gasteiger charge is -2.32. The van der Waals surface area contributed by atoms with E-state index < -0.39 is 18.3 Å². The fraction of sp³-hybridized carbons (Fsp3) is 0.500. The summed E-state index contributed by atoms with van der Waals surface area (Å²) in [4.78, 5) is 11.8. The van der Waals surface area contributed by atoms with Crippen molar-refractivity contribution in [1.82, 2.24) is 0 Å². The molecule has 1 saturated heterocycles. The molecule has 0 spiro atoms. The average molecular weight is 313 g/mol. The number of carbonyl (C=O) groups is 1. The van der Waals surface area contributed by atoms with Crippen LogP contribution in [-0.4, -0.2) is 24.2 Å². The molecule has 2 N–H and O–H groups in total. The summed E-state index contributed by atoms with van der Waals surface area (Å²) in [7, 11) is -0.434. The molecule has 0 radical (unpaired) electrons. The lowest BCUT2D eigenvalue weighted by molar-refractivity contribution is 0.00578. The number of benzene rings is 1. The molecule has 1 aromatic carbocycles. The van der Waals surface area contributed by atoms with Gasteiger partial charge in [0.25, 0.3) is 0 Å². The number of hydrogen-bond donors (Lipinski definition) is 1. The fourth-order valence-corrected chi connectivity index (χ4v) is 3.30. The van der Waals surface area contributed by atoms with Gasteiger partial charge in [-0.15, -0.1) is 0 Å². The molecule has 1 aliphatic carbocycles. The smallest absolute Gasteiger partial charge is 0.399 e. The van der Waals surface area contributed by atoms with Gasteiger partial charge < -0.3 is 15.0 Å². The average Bonchev–Trinajstić information content (AvgIpc) is 2.83. The first kappa shape index (κ1) is 16.3. The van der Waals surface area contributed by atoms with Gasteiger partial charge >= 0.3 is 7.12 Å². The van der Waals surface area contributed by atoms with Gasteiger partial charge in [0.15, 0.2) is 0 Å². The van der Waals surface area contributed by atoms with Crippen LogP contribution in [0, 0.1) is 0 Å². The van der Waals surface area contributed by atoms with E-state index in [4.69, 9.17) is 15.0 Å². The summed E-state index contributed by atoms with van der Waals surface area (Å²) in [5.74, 6) is -0.385. The molecule has 4 nitrogen and oxygen atoms in total. The number of allylic oxidation sites excluding steroid dienone is 2. The van der Waals surface area contributed by atoms with E-state index in [0.717, 1.165) is 23.0 Å². The molecule has 1 fully saturated rings. The van der Waals surface area contributed by atoms with Crippen molar-refractivity contribution >= 4 is 24.1 Å². The quantitative estimate of drug-likeness (QED) is 0.853. The van der Waals surface area contributed by atoms with Crippen molar-refractivity contribution in [3.05, 3.63) is 34.4 Å². The van der Waals surface area contributed by atoms with Crippen LogP contribution in [-0.2, 0) is 15.7 Å². The third-order valence-corrected chi connectivity index (χ3v) is 5.57. The molecular formula is C18H24BNO3. The minimum Gasteiger partial charge on any atom is -0.399 e. The molecule has 1 heterocycles. The van der Waals surface area contributed by atoms with Crippen molar-refractivity contribution in [2.75, 3.05) is 0 Å². The van der Waals surface area contributed by atoms with Crippen molar-refractivity contribution < 1.29 is 14.1 Å². The van der Waals surface area contributed by atoms with Crippen LogP contribution < -0.4 is 11.2 Å². The van der Waals surface area contributed by atoms with E-state index in [-0.39, 0.29) is 5.91 Å². The number of hydrogen-bond acceptors (Lipinski definition) is 3. The van der Waals surface area contributed by atoms with Crippen molar-refractivity contribution in [2.24, 2.45) is 5.73 Å². The van der Waals surface area contributed by atoms with E-state index in [1.807, 2.05) is 33.8 Å². The Kier molecular flexibility index (Phi) is 3.51. The summed E-state index contributed by atoms with van der Waals surface area (Å²) in [5.41, 5.74) is 10.9. The highest BCUT2D eigenvalue weighted by atomic mass is 16.7. The van der Waals surface area contributed by atoms with Crippen LogP contribution in [0.15, 0.2) is 17.7 Å². The number of amides is 1. The molecule has 3 rings (SSSR count). The van der Waals surface area contributed by atoms with Crippen LogP contribution in [0.3, 0.4) is 0 Å². The normalized spacial score (nSPS) is 21.7. The highest BCUT2D eigenvalue weighted by Crippen LogP contribution is 2.39. The Labute approximate surface area is 138 Å². The lowest BCUT2D eigenvalue weighted by atomic mass is 9.73. The zero-order chi connectivity index (χ0) is 17.2. The van der Waals surface area contributed by atoms with Crippen LogP contribution >= 0.6 is 0 Å². The molecule has 0 saturated carbocycles. The van der Waals surface area contributed by atoms with Crippen LogP contribution in [0.5, 0.6) is 0 Å². The SMILES string of the molecule is CC1=C(C)c2c(B3OC(C)(C)C(C)(C)O3)ccc(C(N)=O)c2C1. The molecule has 0 atom stereocenters. The Balaban J connectivity index is 2.13. The Morgan fingerprint density at radius 1 is 1.13 bits per heavy atom. The zero-order valence-corrected chi connectivity index (χ0v) is 14.7. The minimum atomic E-state index is -0.434. The Morgan fingerprint density at radius 3 is 2.22 bits per heavy atom. The minimum absolute atomic E-state index is 0.385. The predicted molar refractivity (Wildman–Crippen MR) is 92.6 cm³/mol. The van der Waals surface area contributed by atoms with E-state index in [1.54, 1.807) is 6.07 Å². The van der Waals surface area contributed by atoms with Crippen molar-refractivity contribution in [3.8, 4) is 0 Å². The highest BCUT2D eigenvalue weighted by Gasteiger charge is 2.52. The van der Waals surface area contributed by atoms with E-state index in [9.17, 15) is 4.79 Å². The van der Waals surface area contributed by atoms with Gasteiger partial charge in [-0.25, -0.2) is 0 Å². The van der Waals surface area contributed by atoms with Crippen molar-refractivity contribution in [2.45, 2.75) is 59.2 Å². The molecular weight excluding hydrogens is 289 g/mol. The largest absolute Gasteiger partial charge is 0.495 e. The fourth-order valence-electron chi connectivity index (χ4n) is 3.30. The maximum Gasteiger partial charge on any atom is 0.495 e. The second-order valence-corrected chi connectivity index (χ2v) is 7.59. The van der Waals surface area contributed by atoms with Gasteiger partial charge in [-0.1, -0.05) is 11.6 Å². The molecule has 2 aliphatic rings. The predicted octanol–water partition coefficient (Wildman–Crippen LogP) is 2.43. The summed E-state index contributed by atoms with van der Waals surface area (Å²) in [5, 5.41) is 0. The summed E-state index contributed by atoms with van der Waals surface area (Å²) in [6.07, 6.45) is 0.757. The molecule has 1 aromatic rings. The van der Waals surface area contributed by atoms with Gasteiger partial charge in [0.05, 0.1) is 11.2 Å². The van der Waals surface area contributed by atoms with Crippen LogP contribution in [0.25, 0.3) is 5.57 Å². The maximum absolute atomic E-state index is 11.8. The highest BCUT2D eigenvalue weighted by molar-refractivity contribution is 6.63. The number of primary amides is 1. The number of nitrogens with two attached hydrogens (primary N) is 1. The summed E-state index contributed by atoms with van der Waals surface area (Å²) in [6.45, 7) is 12.3. The molecule has 5 heteroatoms. The second-order valence-electron chi connectivity index (χ2n) is 7.59.